The van der Waals surface area contributed by atoms with Gasteiger partial charge in [0.25, 0.3) is 0 Å². The molecule has 24 heavy (non-hydrogen) atoms. The molecule has 0 fully saturated rings. The summed E-state index contributed by atoms with van der Waals surface area (Å²) in [4.78, 5) is 2.48. The van der Waals surface area contributed by atoms with E-state index in [2.05, 4.69) is 105 Å². The lowest BCUT2D eigenvalue weighted by molar-refractivity contribution is 0.726. The van der Waals surface area contributed by atoms with Gasteiger partial charge in [-0.3, -0.25) is 0 Å². The van der Waals surface area contributed by atoms with Gasteiger partial charge in [-0.25, -0.2) is 0 Å². The van der Waals surface area contributed by atoms with Crippen LogP contribution in [0.5, 0.6) is 0 Å². The van der Waals surface area contributed by atoms with Crippen molar-refractivity contribution in [3.63, 3.8) is 0 Å². The van der Waals surface area contributed by atoms with E-state index in [1.807, 2.05) is 0 Å². The zero-order chi connectivity index (χ0) is 16.9. The van der Waals surface area contributed by atoms with Crippen LogP contribution in [0.4, 0.5) is 5.69 Å². The minimum absolute atomic E-state index is 0.277. The summed E-state index contributed by atoms with van der Waals surface area (Å²) in [6.45, 7) is 6.64. The zero-order valence-corrected chi connectivity index (χ0v) is 14.7. The summed E-state index contributed by atoms with van der Waals surface area (Å²) < 4.78 is 0. The van der Waals surface area contributed by atoms with E-state index in [4.69, 9.17) is 0 Å². The maximum Gasteiger partial charge on any atom is 0.0560 e. The summed E-state index contributed by atoms with van der Waals surface area (Å²) in [5.74, 6) is 0. The van der Waals surface area contributed by atoms with Gasteiger partial charge in [0, 0.05) is 17.8 Å². The van der Waals surface area contributed by atoms with Gasteiger partial charge in [-0.05, 0) is 44.0 Å². The predicted molar refractivity (Wildman–Crippen MR) is 104 cm³/mol. The molecule has 0 aliphatic heterocycles. The number of hydrogen-bond acceptors (Lipinski definition) is 1. The van der Waals surface area contributed by atoms with Crippen molar-refractivity contribution in [3.8, 4) is 0 Å². The van der Waals surface area contributed by atoms with Gasteiger partial charge in [0.15, 0.2) is 0 Å². The van der Waals surface area contributed by atoms with Gasteiger partial charge in [-0.15, -0.1) is 0 Å². The minimum Gasteiger partial charge on any atom is -0.337 e. The van der Waals surface area contributed by atoms with Crippen LogP contribution in [0.25, 0.3) is 0 Å². The van der Waals surface area contributed by atoms with E-state index in [0.717, 1.165) is 6.42 Å². The topological polar surface area (TPSA) is 3.24 Å². The predicted octanol–water partition coefficient (Wildman–Crippen LogP) is 6.27. The molecular weight excluding hydrogens is 290 g/mol. The second-order valence-corrected chi connectivity index (χ2v) is 6.42. The fraction of sp³-hybridized carbons (Fsp3) is 0.217. The first-order valence-electron chi connectivity index (χ1n) is 8.60. The number of aryl methyl sites for hydroxylation is 2. The lowest BCUT2D eigenvalue weighted by Crippen LogP contribution is -2.26. The molecule has 1 heteroatoms. The first kappa shape index (κ1) is 16.3. The lowest BCUT2D eigenvalue weighted by Gasteiger charge is -2.35. The van der Waals surface area contributed by atoms with Crippen LogP contribution in [0.1, 0.15) is 36.1 Å². The van der Waals surface area contributed by atoms with Crippen LogP contribution in [-0.4, -0.2) is 0 Å². The quantitative estimate of drug-likeness (QED) is 0.642. The number of allylic oxidation sites excluding steroid dienone is 5. The van der Waals surface area contributed by atoms with Crippen molar-refractivity contribution in [1.82, 2.24) is 0 Å². The average molecular weight is 315 g/mol. The Morgan fingerprint density at radius 2 is 1.71 bits per heavy atom. The zero-order valence-electron chi connectivity index (χ0n) is 14.7. The molecule has 3 rings (SSSR count). The van der Waals surface area contributed by atoms with E-state index in [1.165, 1.54) is 28.1 Å². The molecule has 0 N–H and O–H groups in total. The van der Waals surface area contributed by atoms with Crippen molar-refractivity contribution in [2.45, 2.75) is 33.2 Å². The van der Waals surface area contributed by atoms with Gasteiger partial charge in [0.05, 0.1) is 6.04 Å². The Bertz CT molecular complexity index is 781. The summed E-state index contributed by atoms with van der Waals surface area (Å²) in [7, 11) is 0. The van der Waals surface area contributed by atoms with Gasteiger partial charge in [-0.1, -0.05) is 72.3 Å². The highest BCUT2D eigenvalue weighted by atomic mass is 15.2. The molecular formula is C23H25N. The third-order valence-corrected chi connectivity index (χ3v) is 4.56. The van der Waals surface area contributed by atoms with Crippen LogP contribution >= 0.6 is 0 Å². The van der Waals surface area contributed by atoms with E-state index >= 15 is 0 Å². The van der Waals surface area contributed by atoms with Crippen LogP contribution in [0, 0.1) is 13.8 Å². The Hall–Kier alpha value is -2.54. The highest BCUT2D eigenvalue weighted by Gasteiger charge is 2.21. The van der Waals surface area contributed by atoms with Gasteiger partial charge < -0.3 is 4.90 Å². The first-order chi connectivity index (χ1) is 11.7. The SMILES string of the molecule is Cc1ccc(N(C2=CC=CC=CC2)C(C)c2ccccc2)c(C)c1. The van der Waals surface area contributed by atoms with Crippen molar-refractivity contribution in [2.24, 2.45) is 0 Å². The summed E-state index contributed by atoms with van der Waals surface area (Å²) >= 11 is 0. The number of benzene rings is 2. The second-order valence-electron chi connectivity index (χ2n) is 6.42. The summed E-state index contributed by atoms with van der Waals surface area (Å²) in [6, 6.07) is 17.7. The Balaban J connectivity index is 2.08. The Kier molecular flexibility index (Phi) is 5.00. The molecule has 2 aromatic carbocycles. The van der Waals surface area contributed by atoms with Crippen LogP contribution in [0.3, 0.4) is 0 Å². The fourth-order valence-electron chi connectivity index (χ4n) is 3.31. The summed E-state index contributed by atoms with van der Waals surface area (Å²) in [5, 5.41) is 0. The molecule has 2 aromatic rings. The van der Waals surface area contributed by atoms with Crippen LogP contribution < -0.4 is 4.90 Å². The van der Waals surface area contributed by atoms with Crippen LogP contribution in [0.15, 0.2) is 84.6 Å². The number of rotatable bonds is 4. The number of nitrogens with zero attached hydrogens (tertiary/aromatic N) is 1. The molecule has 0 saturated carbocycles. The largest absolute Gasteiger partial charge is 0.337 e. The molecule has 0 aromatic heterocycles. The smallest absolute Gasteiger partial charge is 0.0560 e. The molecule has 1 unspecified atom stereocenters. The Labute approximate surface area is 145 Å². The van der Waals surface area contributed by atoms with Crippen molar-refractivity contribution in [3.05, 3.63) is 101 Å². The normalized spacial score (nSPS) is 14.9. The molecule has 122 valence electrons. The van der Waals surface area contributed by atoms with Crippen molar-refractivity contribution in [1.29, 1.82) is 0 Å². The van der Waals surface area contributed by atoms with Crippen LogP contribution in [0.2, 0.25) is 0 Å². The third kappa shape index (κ3) is 3.51. The van der Waals surface area contributed by atoms with Crippen molar-refractivity contribution < 1.29 is 0 Å². The standard InChI is InChI=1S/C23H25N/c1-18-15-16-23(19(2)17-18)24(22-13-9-4-5-10-14-22)20(3)21-11-7-6-8-12-21/h4-13,15-17,20H,14H2,1-3H3. The molecule has 1 aliphatic carbocycles. The molecule has 0 radical (unpaired) electrons. The average Bonchev–Trinajstić information content (AvgIpc) is 2.87. The molecule has 0 bridgehead atoms. The highest BCUT2D eigenvalue weighted by Crippen LogP contribution is 2.35. The molecule has 0 heterocycles. The molecule has 1 atom stereocenters. The van der Waals surface area contributed by atoms with E-state index in [-0.39, 0.29) is 6.04 Å². The number of anilines is 1. The third-order valence-electron chi connectivity index (χ3n) is 4.56. The molecule has 0 amide bonds. The Morgan fingerprint density at radius 3 is 2.46 bits per heavy atom. The van der Waals surface area contributed by atoms with Gasteiger partial charge >= 0.3 is 0 Å². The van der Waals surface area contributed by atoms with E-state index in [0.29, 0.717) is 0 Å². The molecule has 1 aliphatic rings. The Morgan fingerprint density at radius 1 is 0.917 bits per heavy atom. The summed E-state index contributed by atoms with van der Waals surface area (Å²) in [6.07, 6.45) is 11.8. The maximum absolute atomic E-state index is 2.48. The second kappa shape index (κ2) is 7.35. The maximum atomic E-state index is 2.48. The molecule has 0 spiro atoms. The van der Waals surface area contributed by atoms with Gasteiger partial charge in [-0.2, -0.15) is 0 Å². The van der Waals surface area contributed by atoms with E-state index in [9.17, 15) is 0 Å². The fourth-order valence-corrected chi connectivity index (χ4v) is 3.31. The summed E-state index contributed by atoms with van der Waals surface area (Å²) in [5.41, 5.74) is 6.56. The minimum atomic E-state index is 0.277. The lowest BCUT2D eigenvalue weighted by atomic mass is 10.0. The molecule has 0 saturated heterocycles. The van der Waals surface area contributed by atoms with Crippen LogP contribution in [-0.2, 0) is 0 Å². The van der Waals surface area contributed by atoms with Gasteiger partial charge in [0.2, 0.25) is 0 Å². The van der Waals surface area contributed by atoms with E-state index in [1.54, 1.807) is 0 Å². The van der Waals surface area contributed by atoms with Crippen molar-refractivity contribution in [2.75, 3.05) is 4.90 Å². The highest BCUT2D eigenvalue weighted by molar-refractivity contribution is 5.61. The van der Waals surface area contributed by atoms with Gasteiger partial charge in [0.1, 0.15) is 0 Å². The monoisotopic (exact) mass is 315 g/mol. The van der Waals surface area contributed by atoms with E-state index < -0.39 is 0 Å². The molecule has 1 nitrogen and oxygen atoms in total. The van der Waals surface area contributed by atoms with Crippen molar-refractivity contribution >= 4 is 5.69 Å². The first-order valence-corrected chi connectivity index (χ1v) is 8.60. The number of hydrogen-bond donors (Lipinski definition) is 0.